The first-order valence-electron chi connectivity index (χ1n) is 14.3. The Morgan fingerprint density at radius 2 is 1.73 bits per heavy atom. The van der Waals surface area contributed by atoms with Gasteiger partial charge in [-0.1, -0.05) is 40.5 Å². The molecule has 4 nitrogen and oxygen atoms in total. The lowest BCUT2D eigenvalue weighted by atomic mass is 9.44. The zero-order valence-corrected chi connectivity index (χ0v) is 21.7. The molecule has 6 fully saturated rings. The highest BCUT2D eigenvalue weighted by Crippen LogP contribution is 2.71. The molecule has 12 atom stereocenters. The Bertz CT molecular complexity index is 790. The minimum absolute atomic E-state index is 0.0999. The molecule has 0 aromatic rings. The number of nitrogens with one attached hydrogen (secondary N) is 1. The van der Waals surface area contributed by atoms with E-state index >= 15 is 0 Å². The van der Waals surface area contributed by atoms with Crippen LogP contribution in [-0.4, -0.2) is 30.4 Å². The maximum absolute atomic E-state index is 12.5. The van der Waals surface area contributed by atoms with Crippen molar-refractivity contribution in [3.8, 4) is 0 Å². The van der Waals surface area contributed by atoms with E-state index in [4.69, 9.17) is 9.47 Å². The summed E-state index contributed by atoms with van der Waals surface area (Å²) in [5.74, 6) is 4.16. The summed E-state index contributed by atoms with van der Waals surface area (Å²) in [6.45, 7) is 12.4. The number of carbonyl (C=O) groups is 1. The lowest BCUT2D eigenvalue weighted by Gasteiger charge is -2.61. The first-order chi connectivity index (χ1) is 15.7. The Morgan fingerprint density at radius 1 is 0.909 bits per heavy atom. The molecule has 0 aromatic heterocycles. The van der Waals surface area contributed by atoms with Crippen molar-refractivity contribution in [2.45, 2.75) is 117 Å². The van der Waals surface area contributed by atoms with E-state index in [0.29, 0.717) is 29.1 Å². The molecule has 33 heavy (non-hydrogen) atoms. The molecule has 2 unspecified atom stereocenters. The molecule has 6 rings (SSSR count). The van der Waals surface area contributed by atoms with E-state index in [1.807, 2.05) is 0 Å². The van der Waals surface area contributed by atoms with Crippen LogP contribution >= 0.6 is 0 Å². The van der Waals surface area contributed by atoms with Crippen molar-refractivity contribution in [1.29, 1.82) is 0 Å². The maximum Gasteiger partial charge on any atom is 0.217 e. The van der Waals surface area contributed by atoms with Gasteiger partial charge in [0.1, 0.15) is 0 Å². The topological polar surface area (TPSA) is 47.6 Å². The molecule has 0 aromatic carbocycles. The number of fused-ring (bicyclic) bond motifs is 7. The summed E-state index contributed by atoms with van der Waals surface area (Å²) in [5.41, 5.74) is 0.740. The molecular weight excluding hydrogens is 410 g/mol. The molecule has 2 aliphatic heterocycles. The van der Waals surface area contributed by atoms with Crippen LogP contribution in [0.5, 0.6) is 0 Å². The van der Waals surface area contributed by atoms with Crippen LogP contribution < -0.4 is 5.32 Å². The second-order valence-electron chi connectivity index (χ2n) is 13.8. The highest BCUT2D eigenvalue weighted by molar-refractivity contribution is 5.73. The van der Waals surface area contributed by atoms with Gasteiger partial charge in [0.15, 0.2) is 5.79 Å². The number of hydrogen-bond acceptors (Lipinski definition) is 3. The molecule has 4 saturated carbocycles. The van der Waals surface area contributed by atoms with Gasteiger partial charge >= 0.3 is 0 Å². The van der Waals surface area contributed by atoms with Crippen LogP contribution in [0.1, 0.15) is 98.8 Å². The third-order valence-electron chi connectivity index (χ3n) is 12.3. The summed E-state index contributed by atoms with van der Waals surface area (Å²) in [7, 11) is 0. The van der Waals surface area contributed by atoms with E-state index < -0.39 is 5.79 Å². The van der Waals surface area contributed by atoms with Gasteiger partial charge < -0.3 is 14.8 Å². The largest absolute Gasteiger partial charge is 0.351 e. The molecule has 4 heteroatoms. The first kappa shape index (κ1) is 22.8. The summed E-state index contributed by atoms with van der Waals surface area (Å²) >= 11 is 0. The predicted octanol–water partition coefficient (Wildman–Crippen LogP) is 5.94. The molecule has 2 saturated heterocycles. The van der Waals surface area contributed by atoms with Crippen molar-refractivity contribution >= 4 is 5.91 Å². The Labute approximate surface area is 201 Å². The molecule has 6 aliphatic rings. The third kappa shape index (κ3) is 3.11. The van der Waals surface area contributed by atoms with Crippen LogP contribution in [0.4, 0.5) is 0 Å². The fraction of sp³-hybridized carbons (Fsp3) is 0.966. The number of ether oxygens (including phenoxy) is 2. The van der Waals surface area contributed by atoms with Gasteiger partial charge in [-0.15, -0.1) is 0 Å². The van der Waals surface area contributed by atoms with Gasteiger partial charge in [-0.2, -0.15) is 0 Å². The molecule has 186 valence electrons. The van der Waals surface area contributed by atoms with Crippen LogP contribution in [0.15, 0.2) is 0 Å². The highest BCUT2D eigenvalue weighted by Gasteiger charge is 2.72. The normalized spacial score (nSPS) is 57.7. The van der Waals surface area contributed by atoms with Gasteiger partial charge in [-0.05, 0) is 85.4 Å². The Balaban J connectivity index is 1.36. The monoisotopic (exact) mass is 457 g/mol. The summed E-state index contributed by atoms with van der Waals surface area (Å²) in [6, 6.07) is 0.138. The van der Waals surface area contributed by atoms with E-state index in [-0.39, 0.29) is 23.5 Å². The van der Waals surface area contributed by atoms with Gasteiger partial charge in [0.05, 0.1) is 18.8 Å². The predicted molar refractivity (Wildman–Crippen MR) is 129 cm³/mol. The van der Waals surface area contributed by atoms with E-state index in [1.165, 1.54) is 57.8 Å². The van der Waals surface area contributed by atoms with Gasteiger partial charge in [-0.25, -0.2) is 0 Å². The molecule has 1 amide bonds. The molecule has 1 N–H and O–H groups in total. The average molecular weight is 458 g/mol. The second-order valence-corrected chi connectivity index (χ2v) is 13.8. The van der Waals surface area contributed by atoms with Crippen LogP contribution in [0, 0.1) is 52.3 Å². The first-order valence-corrected chi connectivity index (χ1v) is 14.3. The fourth-order valence-corrected chi connectivity index (χ4v) is 10.8. The van der Waals surface area contributed by atoms with Gasteiger partial charge in [-0.3, -0.25) is 4.79 Å². The Hall–Kier alpha value is -0.610. The Kier molecular flexibility index (Phi) is 5.32. The van der Waals surface area contributed by atoms with Crippen LogP contribution in [-0.2, 0) is 14.3 Å². The van der Waals surface area contributed by atoms with E-state index in [2.05, 4.69) is 33.0 Å². The lowest BCUT2D eigenvalue weighted by Crippen LogP contribution is -2.58. The molecule has 0 bridgehead atoms. The summed E-state index contributed by atoms with van der Waals surface area (Å²) < 4.78 is 13.5. The van der Waals surface area contributed by atoms with E-state index in [9.17, 15) is 4.79 Å². The van der Waals surface area contributed by atoms with Crippen LogP contribution in [0.25, 0.3) is 0 Å². The van der Waals surface area contributed by atoms with E-state index in [0.717, 1.165) is 30.8 Å². The zero-order valence-electron chi connectivity index (χ0n) is 21.7. The smallest absolute Gasteiger partial charge is 0.217 e. The molecule has 1 spiro atoms. The molecule has 2 heterocycles. The summed E-state index contributed by atoms with van der Waals surface area (Å²) in [6.07, 6.45) is 13.4. The SMILES string of the molecule is CC(=O)NC1[C@@H]2O[C@]3(CC[C@@H](C)CO3)[C@@H](C)[C@@H]2[C@@]2(C)CC[C@H]3[C@@H](CCC4CCCC[C@@]43C)[C@H]12. The van der Waals surface area contributed by atoms with Crippen molar-refractivity contribution in [3.63, 3.8) is 0 Å². The average Bonchev–Trinajstić information content (AvgIpc) is 3.19. The van der Waals surface area contributed by atoms with Gasteiger partial charge in [0.2, 0.25) is 5.91 Å². The maximum atomic E-state index is 12.5. The van der Waals surface area contributed by atoms with Gasteiger partial charge in [0, 0.05) is 25.2 Å². The standard InChI is InChI=1S/C29H47NO3/c1-17-11-15-29(32-16-17)18(2)23-26(33-29)25(30-19(3)31)24-21-10-9-20-8-6-7-13-27(20,4)22(21)12-14-28(23,24)5/h17-18,20-26H,6-16H2,1-5H3,(H,30,31)/t17-,18+,20?,21-,22+,23+,24-,25?,26-,27+,28-,29-/m1/s1. The molecule has 4 aliphatic carbocycles. The number of carbonyl (C=O) groups excluding carboxylic acids is 1. The minimum Gasteiger partial charge on any atom is -0.351 e. The van der Waals surface area contributed by atoms with E-state index in [1.54, 1.807) is 6.92 Å². The zero-order chi connectivity index (χ0) is 23.2. The number of rotatable bonds is 1. The second kappa shape index (κ2) is 7.69. The number of amides is 1. The van der Waals surface area contributed by atoms with Crippen molar-refractivity contribution in [2.75, 3.05) is 6.61 Å². The van der Waals surface area contributed by atoms with Gasteiger partial charge in [0.25, 0.3) is 0 Å². The fourth-order valence-electron chi connectivity index (χ4n) is 10.8. The number of hydrogen-bond donors (Lipinski definition) is 1. The Morgan fingerprint density at radius 3 is 2.45 bits per heavy atom. The summed E-state index contributed by atoms with van der Waals surface area (Å²) in [5, 5.41) is 3.49. The van der Waals surface area contributed by atoms with Crippen LogP contribution in [0.2, 0.25) is 0 Å². The van der Waals surface area contributed by atoms with Crippen LogP contribution in [0.3, 0.4) is 0 Å². The van der Waals surface area contributed by atoms with Crippen molar-refractivity contribution in [2.24, 2.45) is 52.3 Å². The lowest BCUT2D eigenvalue weighted by molar-refractivity contribution is -0.275. The van der Waals surface area contributed by atoms with Crippen molar-refractivity contribution in [3.05, 3.63) is 0 Å². The minimum atomic E-state index is -0.434. The molecule has 0 radical (unpaired) electrons. The molecular formula is C29H47NO3. The van der Waals surface area contributed by atoms with Crippen molar-refractivity contribution < 1.29 is 14.3 Å². The summed E-state index contributed by atoms with van der Waals surface area (Å²) in [4.78, 5) is 12.5. The third-order valence-corrected chi connectivity index (χ3v) is 12.3. The quantitative estimate of drug-likeness (QED) is 0.530. The highest BCUT2D eigenvalue weighted by atomic mass is 16.7. The van der Waals surface area contributed by atoms with Crippen molar-refractivity contribution in [1.82, 2.24) is 5.32 Å².